The number of unbranched alkanes of at least 4 members (excludes halogenated alkanes) is 7. The minimum absolute atomic E-state index is 0.0267. The molecule has 0 radical (unpaired) electrons. The van der Waals surface area contributed by atoms with Gasteiger partial charge in [0.1, 0.15) is 0 Å². The van der Waals surface area contributed by atoms with Gasteiger partial charge in [0.15, 0.2) is 0 Å². The molecule has 2 heteroatoms. The maximum atomic E-state index is 10.6. The number of aliphatic hydroxyl groups excluding tert-OH is 1. The average Bonchev–Trinajstić information content (AvgIpc) is 2.43. The van der Waals surface area contributed by atoms with Crippen LogP contribution in [0, 0.1) is 0 Å². The fourth-order valence-electron chi connectivity index (χ4n) is 3.39. The summed E-state index contributed by atoms with van der Waals surface area (Å²) in [6, 6.07) is 0. The first-order valence-electron chi connectivity index (χ1n) is 8.90. The van der Waals surface area contributed by atoms with E-state index in [4.69, 9.17) is 0 Å². The maximum absolute atomic E-state index is 10.6. The predicted molar refractivity (Wildman–Crippen MR) is 90.2 cm³/mol. The van der Waals surface area contributed by atoms with E-state index in [0.29, 0.717) is 0 Å². The van der Waals surface area contributed by atoms with Crippen LogP contribution in [0.2, 0.25) is 0 Å². The standard InChI is InChI=1S/C18H39NO/c1-6-9-10-11-12-13-14-15-16-17(20)18(7-2,8-3)19(4)5/h17,20H,6-16H2,1-5H3. The topological polar surface area (TPSA) is 23.5 Å². The van der Waals surface area contributed by atoms with Crippen molar-refractivity contribution in [3.63, 3.8) is 0 Å². The molecule has 0 aliphatic heterocycles. The van der Waals surface area contributed by atoms with Crippen LogP contribution < -0.4 is 0 Å². The number of likely N-dealkylation sites (N-methyl/N-ethyl adjacent to an activating group) is 1. The lowest BCUT2D eigenvalue weighted by atomic mass is 9.82. The van der Waals surface area contributed by atoms with E-state index in [0.717, 1.165) is 19.3 Å². The van der Waals surface area contributed by atoms with Crippen LogP contribution in [0.15, 0.2) is 0 Å². The molecule has 0 heterocycles. The van der Waals surface area contributed by atoms with E-state index >= 15 is 0 Å². The molecule has 0 amide bonds. The van der Waals surface area contributed by atoms with E-state index in [1.165, 1.54) is 51.4 Å². The van der Waals surface area contributed by atoms with Gasteiger partial charge in [-0.05, 0) is 33.4 Å². The largest absolute Gasteiger partial charge is 0.391 e. The Balaban J connectivity index is 3.83. The Hall–Kier alpha value is -0.0800. The fourth-order valence-corrected chi connectivity index (χ4v) is 3.39. The van der Waals surface area contributed by atoms with Gasteiger partial charge in [0, 0.05) is 5.54 Å². The van der Waals surface area contributed by atoms with Gasteiger partial charge in [-0.2, -0.15) is 0 Å². The van der Waals surface area contributed by atoms with Gasteiger partial charge in [-0.25, -0.2) is 0 Å². The summed E-state index contributed by atoms with van der Waals surface area (Å²) in [5.41, 5.74) is -0.0267. The summed E-state index contributed by atoms with van der Waals surface area (Å²) in [5.74, 6) is 0. The van der Waals surface area contributed by atoms with Crippen molar-refractivity contribution in [2.24, 2.45) is 0 Å². The van der Waals surface area contributed by atoms with Crippen molar-refractivity contribution < 1.29 is 5.11 Å². The van der Waals surface area contributed by atoms with Crippen molar-refractivity contribution in [3.8, 4) is 0 Å². The number of rotatable bonds is 13. The summed E-state index contributed by atoms with van der Waals surface area (Å²) >= 11 is 0. The van der Waals surface area contributed by atoms with E-state index in [9.17, 15) is 5.11 Å². The van der Waals surface area contributed by atoms with E-state index in [2.05, 4.69) is 39.8 Å². The van der Waals surface area contributed by atoms with Crippen molar-refractivity contribution in [2.75, 3.05) is 14.1 Å². The monoisotopic (exact) mass is 285 g/mol. The number of hydrogen-bond donors (Lipinski definition) is 1. The van der Waals surface area contributed by atoms with Crippen molar-refractivity contribution in [3.05, 3.63) is 0 Å². The Morgan fingerprint density at radius 3 is 1.65 bits per heavy atom. The van der Waals surface area contributed by atoms with Crippen molar-refractivity contribution in [1.29, 1.82) is 0 Å². The van der Waals surface area contributed by atoms with E-state index in [-0.39, 0.29) is 11.6 Å². The third-order valence-corrected chi connectivity index (χ3v) is 5.07. The lowest BCUT2D eigenvalue weighted by Crippen LogP contribution is -2.52. The zero-order valence-corrected chi connectivity index (χ0v) is 14.7. The fraction of sp³-hybridized carbons (Fsp3) is 1.00. The van der Waals surface area contributed by atoms with E-state index in [1.54, 1.807) is 0 Å². The van der Waals surface area contributed by atoms with Gasteiger partial charge in [-0.3, -0.25) is 0 Å². The Bertz CT molecular complexity index is 211. The first-order valence-corrected chi connectivity index (χ1v) is 8.90. The summed E-state index contributed by atoms with van der Waals surface area (Å²) in [5, 5.41) is 10.6. The molecule has 0 fully saturated rings. The van der Waals surface area contributed by atoms with Gasteiger partial charge >= 0.3 is 0 Å². The van der Waals surface area contributed by atoms with E-state index in [1.807, 2.05) is 0 Å². The van der Waals surface area contributed by atoms with Crippen LogP contribution in [0.4, 0.5) is 0 Å². The van der Waals surface area contributed by atoms with Gasteiger partial charge in [0.25, 0.3) is 0 Å². The highest BCUT2D eigenvalue weighted by Gasteiger charge is 2.35. The molecule has 0 saturated carbocycles. The quantitative estimate of drug-likeness (QED) is 0.481. The Morgan fingerprint density at radius 2 is 1.25 bits per heavy atom. The summed E-state index contributed by atoms with van der Waals surface area (Å²) in [6.07, 6.45) is 13.5. The second-order valence-electron chi connectivity index (χ2n) is 6.48. The van der Waals surface area contributed by atoms with Crippen LogP contribution >= 0.6 is 0 Å². The molecule has 0 aliphatic rings. The molecule has 1 N–H and O–H groups in total. The summed E-state index contributed by atoms with van der Waals surface area (Å²) in [4.78, 5) is 2.22. The molecule has 1 unspecified atom stereocenters. The first kappa shape index (κ1) is 19.9. The zero-order valence-electron chi connectivity index (χ0n) is 14.7. The molecule has 0 aromatic carbocycles. The molecular formula is C18H39NO. The summed E-state index contributed by atoms with van der Waals surface area (Å²) < 4.78 is 0. The van der Waals surface area contributed by atoms with Gasteiger partial charge in [-0.1, -0.05) is 72.1 Å². The SMILES string of the molecule is CCCCCCCCCCC(O)C(CC)(CC)N(C)C. The lowest BCUT2D eigenvalue weighted by molar-refractivity contribution is -0.0188. The lowest BCUT2D eigenvalue weighted by Gasteiger charge is -2.42. The van der Waals surface area contributed by atoms with Crippen molar-refractivity contribution in [1.82, 2.24) is 4.90 Å². The molecular weight excluding hydrogens is 246 g/mol. The highest BCUT2D eigenvalue weighted by Crippen LogP contribution is 2.28. The minimum Gasteiger partial charge on any atom is -0.391 e. The predicted octanol–water partition coefficient (Wildman–Crippen LogP) is 5.00. The molecule has 0 aromatic rings. The second kappa shape index (κ2) is 11.6. The van der Waals surface area contributed by atoms with Gasteiger partial charge in [-0.15, -0.1) is 0 Å². The Labute approximate surface area is 127 Å². The van der Waals surface area contributed by atoms with Gasteiger partial charge in [0.2, 0.25) is 0 Å². The normalized spacial score (nSPS) is 13.9. The molecule has 0 aromatic heterocycles. The molecule has 1 atom stereocenters. The number of hydrogen-bond acceptors (Lipinski definition) is 2. The molecule has 2 nitrogen and oxygen atoms in total. The Kier molecular flexibility index (Phi) is 11.5. The third kappa shape index (κ3) is 6.58. The van der Waals surface area contributed by atoms with Crippen LogP contribution in [-0.2, 0) is 0 Å². The molecule has 0 rings (SSSR count). The molecule has 0 aliphatic carbocycles. The summed E-state index contributed by atoms with van der Waals surface area (Å²) in [6.45, 7) is 6.65. The second-order valence-corrected chi connectivity index (χ2v) is 6.48. The van der Waals surface area contributed by atoms with Crippen LogP contribution in [0.5, 0.6) is 0 Å². The van der Waals surface area contributed by atoms with Crippen molar-refractivity contribution >= 4 is 0 Å². The summed E-state index contributed by atoms with van der Waals surface area (Å²) in [7, 11) is 4.20. The molecule has 0 saturated heterocycles. The van der Waals surface area contributed by atoms with Crippen LogP contribution in [0.25, 0.3) is 0 Å². The minimum atomic E-state index is -0.187. The molecule has 0 bridgehead atoms. The molecule has 0 spiro atoms. The van der Waals surface area contributed by atoms with Crippen LogP contribution in [0.1, 0.15) is 91.4 Å². The maximum Gasteiger partial charge on any atom is 0.0723 e. The first-order chi connectivity index (χ1) is 9.55. The number of aliphatic hydroxyl groups is 1. The third-order valence-electron chi connectivity index (χ3n) is 5.07. The number of nitrogens with zero attached hydrogens (tertiary/aromatic N) is 1. The average molecular weight is 286 g/mol. The smallest absolute Gasteiger partial charge is 0.0723 e. The van der Waals surface area contributed by atoms with E-state index < -0.39 is 0 Å². The van der Waals surface area contributed by atoms with Gasteiger partial charge < -0.3 is 10.0 Å². The zero-order chi connectivity index (χ0) is 15.4. The Morgan fingerprint density at radius 1 is 0.800 bits per heavy atom. The molecule has 20 heavy (non-hydrogen) atoms. The van der Waals surface area contributed by atoms with Crippen LogP contribution in [0.3, 0.4) is 0 Å². The van der Waals surface area contributed by atoms with Crippen LogP contribution in [-0.4, -0.2) is 35.7 Å². The molecule has 122 valence electrons. The van der Waals surface area contributed by atoms with Gasteiger partial charge in [0.05, 0.1) is 6.10 Å². The highest BCUT2D eigenvalue weighted by molar-refractivity contribution is 4.92. The van der Waals surface area contributed by atoms with Crippen molar-refractivity contribution in [2.45, 2.75) is 103 Å². The highest BCUT2D eigenvalue weighted by atomic mass is 16.3.